The van der Waals surface area contributed by atoms with Crippen LogP contribution < -0.4 is 11.1 Å². The third-order valence-corrected chi connectivity index (χ3v) is 3.44. The first-order valence-corrected chi connectivity index (χ1v) is 6.18. The summed E-state index contributed by atoms with van der Waals surface area (Å²) >= 11 is 0. The highest BCUT2D eigenvalue weighted by atomic mass is 19.1. The van der Waals surface area contributed by atoms with Crippen LogP contribution in [0.15, 0.2) is 18.2 Å². The van der Waals surface area contributed by atoms with Crippen LogP contribution in [-0.2, 0) is 0 Å². The van der Waals surface area contributed by atoms with Crippen molar-refractivity contribution in [1.29, 1.82) is 0 Å². The molecule has 1 amide bonds. The number of hydrogen-bond donors (Lipinski definition) is 2. The number of nitrogen functional groups attached to an aromatic ring is 1. The molecule has 1 heterocycles. The summed E-state index contributed by atoms with van der Waals surface area (Å²) in [7, 11) is 0. The molecule has 1 aromatic carbocycles. The number of rotatable bonds is 2. The molecule has 0 atom stereocenters. The lowest BCUT2D eigenvalue weighted by molar-refractivity contribution is 0.0912. The fraction of sp³-hybridized carbons (Fsp3) is 0.308. The molecule has 0 bridgehead atoms. The number of anilines is 1. The molecular formula is C13H13FN4O. The number of nitrogens with zero attached hydrogens (tertiary/aromatic N) is 2. The Morgan fingerprint density at radius 1 is 1.37 bits per heavy atom. The lowest BCUT2D eigenvalue weighted by atomic mass is 9.93. The highest BCUT2D eigenvalue weighted by Gasteiger charge is 2.23. The molecule has 1 saturated carbocycles. The topological polar surface area (TPSA) is 80.9 Å². The summed E-state index contributed by atoms with van der Waals surface area (Å²) in [6.07, 6.45) is 3.07. The van der Waals surface area contributed by atoms with E-state index in [0.29, 0.717) is 5.39 Å². The van der Waals surface area contributed by atoms with Crippen LogP contribution >= 0.6 is 0 Å². The first-order chi connectivity index (χ1) is 9.16. The number of fused-ring (bicyclic) bond motifs is 1. The van der Waals surface area contributed by atoms with Gasteiger partial charge >= 0.3 is 0 Å². The minimum Gasteiger partial charge on any atom is -0.396 e. The molecule has 3 N–H and O–H groups in total. The highest BCUT2D eigenvalue weighted by molar-refractivity contribution is 6.04. The summed E-state index contributed by atoms with van der Waals surface area (Å²) in [5, 5.41) is 10.7. The van der Waals surface area contributed by atoms with E-state index in [1.807, 2.05) is 0 Å². The van der Waals surface area contributed by atoms with E-state index < -0.39 is 5.82 Å². The molecule has 6 heteroatoms. The molecule has 0 saturated heterocycles. The minimum atomic E-state index is -0.498. The summed E-state index contributed by atoms with van der Waals surface area (Å²) in [5.74, 6) is -0.844. The van der Waals surface area contributed by atoms with Crippen molar-refractivity contribution in [3.8, 4) is 0 Å². The smallest absolute Gasteiger partial charge is 0.274 e. The van der Waals surface area contributed by atoms with Gasteiger partial charge in [0.25, 0.3) is 5.91 Å². The Morgan fingerprint density at radius 2 is 2.16 bits per heavy atom. The van der Waals surface area contributed by atoms with Crippen molar-refractivity contribution in [1.82, 2.24) is 15.5 Å². The molecule has 1 fully saturated rings. The number of aromatic nitrogens is 2. The number of hydrogen-bond acceptors (Lipinski definition) is 4. The zero-order valence-corrected chi connectivity index (χ0v) is 10.2. The Balaban J connectivity index is 2.00. The van der Waals surface area contributed by atoms with Crippen LogP contribution in [0.5, 0.6) is 0 Å². The molecule has 1 aliphatic carbocycles. The van der Waals surface area contributed by atoms with Gasteiger partial charge in [-0.25, -0.2) is 4.39 Å². The van der Waals surface area contributed by atoms with Gasteiger partial charge in [0.2, 0.25) is 0 Å². The lowest BCUT2D eigenvalue weighted by Gasteiger charge is -2.26. The molecule has 0 aliphatic heterocycles. The predicted octanol–water partition coefficient (Wildman–Crippen LogP) is 1.63. The molecule has 19 heavy (non-hydrogen) atoms. The molecule has 2 aromatic rings. The number of carbonyl (C=O) groups excluding carboxylic acids is 1. The number of amides is 1. The van der Waals surface area contributed by atoms with E-state index in [0.717, 1.165) is 19.3 Å². The third-order valence-electron chi connectivity index (χ3n) is 3.44. The zero-order chi connectivity index (χ0) is 13.4. The molecule has 98 valence electrons. The van der Waals surface area contributed by atoms with Crippen molar-refractivity contribution in [2.24, 2.45) is 0 Å². The molecule has 0 spiro atoms. The number of halogens is 1. The summed E-state index contributed by atoms with van der Waals surface area (Å²) in [5.41, 5.74) is 6.21. The molecule has 3 rings (SSSR count). The van der Waals surface area contributed by atoms with Gasteiger partial charge < -0.3 is 11.1 Å². The van der Waals surface area contributed by atoms with Crippen molar-refractivity contribution in [2.45, 2.75) is 25.3 Å². The molecular weight excluding hydrogens is 247 g/mol. The first-order valence-electron chi connectivity index (χ1n) is 6.18. The van der Waals surface area contributed by atoms with Gasteiger partial charge in [-0.05, 0) is 25.3 Å². The average molecular weight is 260 g/mol. The van der Waals surface area contributed by atoms with Gasteiger partial charge in [0.1, 0.15) is 5.52 Å². The Labute approximate surface area is 109 Å². The number of carbonyl (C=O) groups is 1. The number of nitrogens with one attached hydrogen (secondary N) is 1. The van der Waals surface area contributed by atoms with Gasteiger partial charge in [-0.3, -0.25) is 4.79 Å². The van der Waals surface area contributed by atoms with Crippen LogP contribution in [0.4, 0.5) is 10.1 Å². The Kier molecular flexibility index (Phi) is 2.77. The fourth-order valence-corrected chi connectivity index (χ4v) is 2.09. The maximum absolute atomic E-state index is 13.5. The largest absolute Gasteiger partial charge is 0.396 e. The van der Waals surface area contributed by atoms with Crippen molar-refractivity contribution in [2.75, 3.05) is 5.73 Å². The fourth-order valence-electron chi connectivity index (χ4n) is 2.09. The second kappa shape index (κ2) is 4.46. The van der Waals surface area contributed by atoms with Gasteiger partial charge in [0.05, 0.1) is 5.69 Å². The van der Waals surface area contributed by atoms with E-state index >= 15 is 0 Å². The van der Waals surface area contributed by atoms with Crippen molar-refractivity contribution in [3.05, 3.63) is 29.7 Å². The van der Waals surface area contributed by atoms with Gasteiger partial charge in [-0.2, -0.15) is 0 Å². The first kappa shape index (κ1) is 11.8. The standard InChI is InChI=1S/C13H13FN4O/c14-9-6-2-5-8-10(15)12(18-17-11(8)9)13(19)16-7-3-1-4-7/h2,5-7H,1,3-4H2,(H2,15,17)(H,16,19). The van der Waals surface area contributed by atoms with Crippen LogP contribution in [0, 0.1) is 5.82 Å². The second-order valence-corrected chi connectivity index (χ2v) is 4.70. The van der Waals surface area contributed by atoms with Crippen molar-refractivity contribution >= 4 is 22.5 Å². The Bertz CT molecular complexity index is 654. The van der Waals surface area contributed by atoms with Crippen molar-refractivity contribution in [3.63, 3.8) is 0 Å². The van der Waals surface area contributed by atoms with Crippen LogP contribution in [0.1, 0.15) is 29.8 Å². The monoisotopic (exact) mass is 260 g/mol. The Morgan fingerprint density at radius 3 is 2.84 bits per heavy atom. The maximum Gasteiger partial charge on any atom is 0.274 e. The zero-order valence-electron chi connectivity index (χ0n) is 10.2. The van der Waals surface area contributed by atoms with E-state index in [-0.39, 0.29) is 28.8 Å². The van der Waals surface area contributed by atoms with E-state index in [1.165, 1.54) is 12.1 Å². The molecule has 0 unspecified atom stereocenters. The van der Waals surface area contributed by atoms with Crippen LogP contribution in [0.25, 0.3) is 10.9 Å². The molecule has 5 nitrogen and oxygen atoms in total. The van der Waals surface area contributed by atoms with Gasteiger partial charge in [-0.1, -0.05) is 12.1 Å². The summed E-state index contributed by atoms with van der Waals surface area (Å²) < 4.78 is 13.5. The van der Waals surface area contributed by atoms with Crippen molar-refractivity contribution < 1.29 is 9.18 Å². The maximum atomic E-state index is 13.5. The highest BCUT2D eigenvalue weighted by Crippen LogP contribution is 2.24. The van der Waals surface area contributed by atoms with Crippen LogP contribution in [-0.4, -0.2) is 22.1 Å². The SMILES string of the molecule is Nc1c(C(=O)NC2CCC2)nnc2c(F)cccc12. The van der Waals surface area contributed by atoms with Gasteiger partial charge in [-0.15, -0.1) is 10.2 Å². The van der Waals surface area contributed by atoms with E-state index in [2.05, 4.69) is 15.5 Å². The Hall–Kier alpha value is -2.24. The molecule has 1 aliphatic rings. The molecule has 1 aromatic heterocycles. The summed E-state index contributed by atoms with van der Waals surface area (Å²) in [4.78, 5) is 12.0. The van der Waals surface area contributed by atoms with Crippen LogP contribution in [0.3, 0.4) is 0 Å². The normalized spacial score (nSPS) is 15.2. The average Bonchev–Trinajstić information content (AvgIpc) is 2.35. The van der Waals surface area contributed by atoms with Gasteiger partial charge in [0, 0.05) is 11.4 Å². The van der Waals surface area contributed by atoms with Gasteiger partial charge in [0.15, 0.2) is 11.5 Å². The molecule has 0 radical (unpaired) electrons. The van der Waals surface area contributed by atoms with E-state index in [9.17, 15) is 9.18 Å². The number of benzene rings is 1. The van der Waals surface area contributed by atoms with E-state index in [4.69, 9.17) is 5.73 Å². The minimum absolute atomic E-state index is 0.0602. The second-order valence-electron chi connectivity index (χ2n) is 4.70. The third kappa shape index (κ3) is 1.99. The number of nitrogens with two attached hydrogens (primary N) is 1. The summed E-state index contributed by atoms with van der Waals surface area (Å²) in [6, 6.07) is 4.63. The lowest BCUT2D eigenvalue weighted by Crippen LogP contribution is -2.40. The van der Waals surface area contributed by atoms with Crippen LogP contribution in [0.2, 0.25) is 0 Å². The predicted molar refractivity (Wildman–Crippen MR) is 69.0 cm³/mol. The van der Waals surface area contributed by atoms with E-state index in [1.54, 1.807) is 6.07 Å². The quantitative estimate of drug-likeness (QED) is 0.860. The summed E-state index contributed by atoms with van der Waals surface area (Å²) in [6.45, 7) is 0.